The predicted molar refractivity (Wildman–Crippen MR) is 54.5 cm³/mol. The Hall–Kier alpha value is -1.98. The van der Waals surface area contributed by atoms with Gasteiger partial charge in [-0.1, -0.05) is 5.16 Å². The molecule has 0 unspecified atom stereocenters. The van der Waals surface area contributed by atoms with Crippen LogP contribution in [0.3, 0.4) is 0 Å². The van der Waals surface area contributed by atoms with E-state index in [1.165, 1.54) is 14.2 Å². The number of pyridine rings is 1. The van der Waals surface area contributed by atoms with Crippen LogP contribution in [-0.2, 0) is 6.42 Å². The van der Waals surface area contributed by atoms with Crippen LogP contribution in [-0.4, -0.2) is 30.2 Å². The summed E-state index contributed by atoms with van der Waals surface area (Å²) in [5, 5.41) is 11.3. The molecule has 6 heteroatoms. The van der Waals surface area contributed by atoms with Crippen LogP contribution in [0.5, 0.6) is 11.5 Å². The quantitative estimate of drug-likeness (QED) is 0.325. The Labute approximate surface area is 87.3 Å². The molecule has 0 fully saturated rings. The van der Waals surface area contributed by atoms with Crippen molar-refractivity contribution in [3.05, 3.63) is 18.0 Å². The van der Waals surface area contributed by atoms with E-state index in [1.54, 1.807) is 12.3 Å². The van der Waals surface area contributed by atoms with E-state index < -0.39 is 0 Å². The number of ether oxygens (including phenoxy) is 2. The van der Waals surface area contributed by atoms with Gasteiger partial charge in [-0.15, -0.1) is 0 Å². The van der Waals surface area contributed by atoms with Gasteiger partial charge in [-0.2, -0.15) is 0 Å². The van der Waals surface area contributed by atoms with Crippen molar-refractivity contribution in [2.45, 2.75) is 6.42 Å². The van der Waals surface area contributed by atoms with E-state index in [1.807, 2.05) is 0 Å². The molecule has 1 aromatic heterocycles. The highest BCUT2D eigenvalue weighted by molar-refractivity contribution is 5.82. The Morgan fingerprint density at radius 3 is 2.80 bits per heavy atom. The van der Waals surface area contributed by atoms with Gasteiger partial charge in [-0.05, 0) is 0 Å². The molecule has 0 radical (unpaired) electrons. The predicted octanol–water partition coefficient (Wildman–Crippen LogP) is 0.388. The van der Waals surface area contributed by atoms with Crippen molar-refractivity contribution < 1.29 is 14.7 Å². The fraction of sp³-hybridized carbons (Fsp3) is 0.333. The maximum absolute atomic E-state index is 8.45. The Morgan fingerprint density at radius 1 is 1.53 bits per heavy atom. The largest absolute Gasteiger partial charge is 0.493 e. The van der Waals surface area contributed by atoms with Gasteiger partial charge in [0.05, 0.1) is 26.3 Å². The summed E-state index contributed by atoms with van der Waals surface area (Å²) >= 11 is 0. The van der Waals surface area contributed by atoms with Gasteiger partial charge in [0, 0.05) is 12.3 Å². The molecule has 15 heavy (non-hydrogen) atoms. The van der Waals surface area contributed by atoms with Crippen LogP contribution in [0, 0.1) is 0 Å². The van der Waals surface area contributed by atoms with Crippen molar-refractivity contribution in [3.63, 3.8) is 0 Å². The molecular formula is C9H13N3O3. The van der Waals surface area contributed by atoms with Gasteiger partial charge in [0.15, 0.2) is 11.5 Å². The summed E-state index contributed by atoms with van der Waals surface area (Å²) in [5.74, 6) is 1.12. The van der Waals surface area contributed by atoms with Crippen LogP contribution in [0.1, 0.15) is 5.69 Å². The number of amidine groups is 1. The average Bonchev–Trinajstić information content (AvgIpc) is 2.28. The van der Waals surface area contributed by atoms with Crippen molar-refractivity contribution in [1.29, 1.82) is 0 Å². The Balaban J connectivity index is 3.06. The van der Waals surface area contributed by atoms with Gasteiger partial charge >= 0.3 is 0 Å². The first-order valence-corrected chi connectivity index (χ1v) is 4.25. The molecule has 1 heterocycles. The van der Waals surface area contributed by atoms with Crippen molar-refractivity contribution in [1.82, 2.24) is 4.98 Å². The van der Waals surface area contributed by atoms with E-state index >= 15 is 0 Å². The standard InChI is InChI=1S/C9H13N3O3/c1-14-7-3-4-11-6(9(7)15-2)5-8(10)12-13/h3-4,13H,5H2,1-2H3,(H2,10,12). The monoisotopic (exact) mass is 211 g/mol. The molecule has 0 spiro atoms. The second kappa shape index (κ2) is 5.04. The molecule has 0 saturated heterocycles. The molecule has 0 bridgehead atoms. The van der Waals surface area contributed by atoms with E-state index in [9.17, 15) is 0 Å². The Bertz CT molecular complexity index is 366. The average molecular weight is 211 g/mol. The SMILES string of the molecule is COc1ccnc(C/C(N)=N/O)c1OC. The minimum absolute atomic E-state index is 0.0639. The number of methoxy groups -OCH3 is 2. The molecule has 6 nitrogen and oxygen atoms in total. The summed E-state index contributed by atoms with van der Waals surface area (Å²) in [7, 11) is 3.04. The normalized spacial score (nSPS) is 11.2. The molecule has 1 aromatic rings. The minimum Gasteiger partial charge on any atom is -0.493 e. The van der Waals surface area contributed by atoms with E-state index in [0.29, 0.717) is 17.2 Å². The van der Waals surface area contributed by atoms with E-state index in [0.717, 1.165) is 0 Å². The molecule has 0 atom stereocenters. The molecule has 82 valence electrons. The highest BCUT2D eigenvalue weighted by atomic mass is 16.5. The minimum atomic E-state index is 0.0639. The lowest BCUT2D eigenvalue weighted by molar-refractivity contribution is 0.317. The highest BCUT2D eigenvalue weighted by Crippen LogP contribution is 2.28. The molecule has 0 amide bonds. The summed E-state index contributed by atoms with van der Waals surface area (Å²) in [6.07, 6.45) is 1.78. The third-order valence-corrected chi connectivity index (χ3v) is 1.84. The third-order valence-electron chi connectivity index (χ3n) is 1.84. The first-order chi connectivity index (χ1) is 7.22. The van der Waals surface area contributed by atoms with Gasteiger partial charge in [-0.3, -0.25) is 4.98 Å². The fourth-order valence-electron chi connectivity index (χ4n) is 1.18. The van der Waals surface area contributed by atoms with E-state index in [-0.39, 0.29) is 12.3 Å². The molecule has 0 aliphatic carbocycles. The zero-order valence-corrected chi connectivity index (χ0v) is 8.60. The van der Waals surface area contributed by atoms with Crippen LogP contribution in [0.2, 0.25) is 0 Å². The lowest BCUT2D eigenvalue weighted by Gasteiger charge is -2.10. The zero-order valence-electron chi connectivity index (χ0n) is 8.60. The second-order valence-corrected chi connectivity index (χ2v) is 2.76. The number of nitrogens with zero attached hydrogens (tertiary/aromatic N) is 2. The van der Waals surface area contributed by atoms with Gasteiger partial charge in [0.25, 0.3) is 0 Å². The topological polar surface area (TPSA) is 90.0 Å². The summed E-state index contributed by atoms with van der Waals surface area (Å²) in [5.41, 5.74) is 5.95. The van der Waals surface area contributed by atoms with E-state index in [4.69, 9.17) is 20.4 Å². The van der Waals surface area contributed by atoms with Gasteiger partial charge in [0.1, 0.15) is 5.84 Å². The Kier molecular flexibility index (Phi) is 3.73. The van der Waals surface area contributed by atoms with Crippen molar-refractivity contribution in [2.75, 3.05) is 14.2 Å². The van der Waals surface area contributed by atoms with Crippen molar-refractivity contribution in [2.24, 2.45) is 10.9 Å². The Morgan fingerprint density at radius 2 is 2.27 bits per heavy atom. The lowest BCUT2D eigenvalue weighted by Crippen LogP contribution is -2.16. The highest BCUT2D eigenvalue weighted by Gasteiger charge is 2.12. The molecule has 0 aliphatic heterocycles. The summed E-state index contributed by atoms with van der Waals surface area (Å²) < 4.78 is 10.2. The third kappa shape index (κ3) is 2.49. The van der Waals surface area contributed by atoms with Crippen molar-refractivity contribution in [3.8, 4) is 11.5 Å². The van der Waals surface area contributed by atoms with Crippen LogP contribution in [0.15, 0.2) is 17.4 Å². The smallest absolute Gasteiger partial charge is 0.182 e. The summed E-state index contributed by atoms with van der Waals surface area (Å²) in [6.45, 7) is 0. The molecule has 3 N–H and O–H groups in total. The van der Waals surface area contributed by atoms with Gasteiger partial charge < -0.3 is 20.4 Å². The molecule has 0 aliphatic rings. The number of rotatable bonds is 4. The second-order valence-electron chi connectivity index (χ2n) is 2.76. The van der Waals surface area contributed by atoms with Gasteiger partial charge in [0.2, 0.25) is 0 Å². The van der Waals surface area contributed by atoms with Crippen LogP contribution in [0.25, 0.3) is 0 Å². The van der Waals surface area contributed by atoms with E-state index in [2.05, 4.69) is 10.1 Å². The van der Waals surface area contributed by atoms with Crippen LogP contribution < -0.4 is 15.2 Å². The number of hydrogen-bond donors (Lipinski definition) is 2. The molecule has 0 saturated carbocycles. The number of nitrogens with two attached hydrogens (primary N) is 1. The van der Waals surface area contributed by atoms with Crippen molar-refractivity contribution >= 4 is 5.84 Å². The zero-order chi connectivity index (χ0) is 11.3. The summed E-state index contributed by atoms with van der Waals surface area (Å²) in [4.78, 5) is 4.07. The lowest BCUT2D eigenvalue weighted by atomic mass is 10.2. The number of aromatic nitrogens is 1. The molecule has 0 aromatic carbocycles. The first kappa shape index (κ1) is 11.1. The maximum atomic E-state index is 8.45. The number of hydrogen-bond acceptors (Lipinski definition) is 5. The van der Waals surface area contributed by atoms with Gasteiger partial charge in [-0.25, -0.2) is 0 Å². The fourth-order valence-corrected chi connectivity index (χ4v) is 1.18. The maximum Gasteiger partial charge on any atom is 0.182 e. The van der Waals surface area contributed by atoms with Crippen LogP contribution >= 0.6 is 0 Å². The molecular weight excluding hydrogens is 198 g/mol. The summed E-state index contributed by atoms with van der Waals surface area (Å²) in [6, 6.07) is 1.68. The first-order valence-electron chi connectivity index (χ1n) is 4.25. The molecule has 1 rings (SSSR count). The van der Waals surface area contributed by atoms with Crippen LogP contribution in [0.4, 0.5) is 0 Å². The number of oxime groups is 1.